The van der Waals surface area contributed by atoms with E-state index >= 15 is 0 Å². The molecule has 1 atom stereocenters. The van der Waals surface area contributed by atoms with Gasteiger partial charge in [-0.15, -0.1) is 11.3 Å². The summed E-state index contributed by atoms with van der Waals surface area (Å²) in [6, 6.07) is 5.02. The number of aromatic amines is 1. The number of nitrogens with zero attached hydrogens (tertiary/aromatic N) is 1. The Bertz CT molecular complexity index is 949. The molecule has 2 aromatic heterocycles. The van der Waals surface area contributed by atoms with E-state index in [1.807, 2.05) is 20.8 Å². The summed E-state index contributed by atoms with van der Waals surface area (Å²) in [4.78, 5) is 21.5. The van der Waals surface area contributed by atoms with Crippen molar-refractivity contribution < 1.29 is 4.74 Å². The van der Waals surface area contributed by atoms with E-state index in [-0.39, 0.29) is 5.56 Å². The topological polar surface area (TPSA) is 55.0 Å². The Kier molecular flexibility index (Phi) is 4.36. The highest BCUT2D eigenvalue weighted by Gasteiger charge is 2.16. The maximum atomic E-state index is 12.3. The normalized spacial score (nSPS) is 12.6. The van der Waals surface area contributed by atoms with Gasteiger partial charge in [-0.1, -0.05) is 23.2 Å². The standard InChI is InChI=1S/C16H14Cl2N2O2S/c1-7-9(3)23-16-13(7)15(21)19-14(20-16)8(2)22-10-4-5-11(17)12(18)6-10/h4-6,8H,1-3H3,(H,19,20,21)/t8-/m0/s1. The maximum Gasteiger partial charge on any atom is 0.260 e. The maximum absolute atomic E-state index is 12.3. The number of thiophene rings is 1. The molecule has 0 fully saturated rings. The number of nitrogens with one attached hydrogen (secondary N) is 1. The summed E-state index contributed by atoms with van der Waals surface area (Å²) in [5.41, 5.74) is 0.833. The number of aryl methyl sites for hydroxylation is 2. The van der Waals surface area contributed by atoms with E-state index in [0.717, 1.165) is 15.3 Å². The molecule has 0 radical (unpaired) electrons. The second kappa shape index (κ2) is 6.15. The zero-order valence-electron chi connectivity index (χ0n) is 12.7. The molecule has 0 unspecified atom stereocenters. The zero-order chi connectivity index (χ0) is 16.7. The molecule has 1 aromatic carbocycles. The van der Waals surface area contributed by atoms with Gasteiger partial charge in [-0.2, -0.15) is 0 Å². The number of hydrogen-bond donors (Lipinski definition) is 1. The van der Waals surface area contributed by atoms with Crippen LogP contribution in [-0.4, -0.2) is 9.97 Å². The zero-order valence-corrected chi connectivity index (χ0v) is 15.1. The van der Waals surface area contributed by atoms with Crippen LogP contribution in [0.15, 0.2) is 23.0 Å². The fraction of sp³-hybridized carbons (Fsp3) is 0.250. The molecule has 120 valence electrons. The van der Waals surface area contributed by atoms with E-state index in [0.29, 0.717) is 27.0 Å². The summed E-state index contributed by atoms with van der Waals surface area (Å²) in [6.07, 6.45) is -0.424. The first kappa shape index (κ1) is 16.3. The first-order valence-electron chi connectivity index (χ1n) is 6.98. The van der Waals surface area contributed by atoms with E-state index in [9.17, 15) is 4.79 Å². The van der Waals surface area contributed by atoms with Gasteiger partial charge in [-0.25, -0.2) is 4.98 Å². The monoisotopic (exact) mass is 368 g/mol. The quantitative estimate of drug-likeness (QED) is 0.703. The number of halogens is 2. The van der Waals surface area contributed by atoms with Gasteiger partial charge in [0.1, 0.15) is 10.6 Å². The van der Waals surface area contributed by atoms with Crippen LogP contribution in [0.3, 0.4) is 0 Å². The van der Waals surface area contributed by atoms with E-state index in [1.54, 1.807) is 18.2 Å². The number of hydrogen-bond acceptors (Lipinski definition) is 4. The molecule has 0 spiro atoms. The van der Waals surface area contributed by atoms with E-state index in [4.69, 9.17) is 27.9 Å². The lowest BCUT2D eigenvalue weighted by molar-refractivity contribution is 0.216. The van der Waals surface area contributed by atoms with Gasteiger partial charge in [0.15, 0.2) is 11.9 Å². The third-order valence-electron chi connectivity index (χ3n) is 3.65. The van der Waals surface area contributed by atoms with Crippen LogP contribution >= 0.6 is 34.5 Å². The second-order valence-electron chi connectivity index (χ2n) is 5.25. The Morgan fingerprint density at radius 3 is 2.70 bits per heavy atom. The Morgan fingerprint density at radius 2 is 2.00 bits per heavy atom. The molecule has 4 nitrogen and oxygen atoms in total. The Morgan fingerprint density at radius 1 is 1.26 bits per heavy atom. The molecule has 0 amide bonds. The summed E-state index contributed by atoms with van der Waals surface area (Å²) < 4.78 is 5.81. The fourth-order valence-electron chi connectivity index (χ4n) is 2.27. The van der Waals surface area contributed by atoms with Crippen molar-refractivity contribution in [3.05, 3.63) is 54.9 Å². The number of rotatable bonds is 3. The van der Waals surface area contributed by atoms with Gasteiger partial charge in [-0.3, -0.25) is 4.79 Å². The first-order chi connectivity index (χ1) is 10.9. The minimum absolute atomic E-state index is 0.142. The van der Waals surface area contributed by atoms with Crippen LogP contribution in [0.2, 0.25) is 10.0 Å². The lowest BCUT2D eigenvalue weighted by atomic mass is 10.2. The first-order valence-corrected chi connectivity index (χ1v) is 8.55. The lowest BCUT2D eigenvalue weighted by Gasteiger charge is -2.14. The number of H-pyrrole nitrogens is 1. The summed E-state index contributed by atoms with van der Waals surface area (Å²) in [7, 11) is 0. The molecule has 0 saturated heterocycles. The van der Waals surface area contributed by atoms with Crippen LogP contribution in [0.5, 0.6) is 5.75 Å². The average Bonchev–Trinajstić information content (AvgIpc) is 2.78. The molecule has 1 N–H and O–H groups in total. The van der Waals surface area contributed by atoms with Crippen molar-refractivity contribution in [2.75, 3.05) is 0 Å². The van der Waals surface area contributed by atoms with Crippen LogP contribution in [0.1, 0.15) is 29.3 Å². The van der Waals surface area contributed by atoms with Crippen molar-refractivity contribution in [2.45, 2.75) is 26.9 Å². The van der Waals surface area contributed by atoms with Gasteiger partial charge in [0, 0.05) is 10.9 Å². The van der Waals surface area contributed by atoms with Crippen molar-refractivity contribution >= 4 is 44.8 Å². The van der Waals surface area contributed by atoms with Crippen molar-refractivity contribution in [1.29, 1.82) is 0 Å². The highest BCUT2D eigenvalue weighted by Crippen LogP contribution is 2.30. The van der Waals surface area contributed by atoms with Crippen LogP contribution in [0.25, 0.3) is 10.2 Å². The van der Waals surface area contributed by atoms with Crippen molar-refractivity contribution in [2.24, 2.45) is 0 Å². The van der Waals surface area contributed by atoms with E-state index < -0.39 is 6.10 Å². The smallest absolute Gasteiger partial charge is 0.260 e. The minimum Gasteiger partial charge on any atom is -0.483 e. The molecule has 0 saturated carbocycles. The minimum atomic E-state index is -0.424. The second-order valence-corrected chi connectivity index (χ2v) is 7.27. The molecule has 0 aliphatic rings. The Hall–Kier alpha value is -1.56. The molecule has 2 heterocycles. The van der Waals surface area contributed by atoms with Crippen LogP contribution in [0, 0.1) is 13.8 Å². The molecule has 23 heavy (non-hydrogen) atoms. The van der Waals surface area contributed by atoms with Crippen LogP contribution in [-0.2, 0) is 0 Å². The molecule has 0 aliphatic heterocycles. The highest BCUT2D eigenvalue weighted by molar-refractivity contribution is 7.18. The molecule has 3 rings (SSSR count). The number of aromatic nitrogens is 2. The number of benzene rings is 1. The SMILES string of the molecule is Cc1sc2nc([C@H](C)Oc3ccc(Cl)c(Cl)c3)[nH]c(=O)c2c1C. The van der Waals surface area contributed by atoms with Crippen molar-refractivity contribution in [3.8, 4) is 5.75 Å². The van der Waals surface area contributed by atoms with Gasteiger partial charge in [0.05, 0.1) is 15.4 Å². The highest BCUT2D eigenvalue weighted by atomic mass is 35.5. The van der Waals surface area contributed by atoms with Gasteiger partial charge in [0.2, 0.25) is 0 Å². The number of ether oxygens (including phenoxy) is 1. The van der Waals surface area contributed by atoms with Gasteiger partial charge in [0.25, 0.3) is 5.56 Å². The fourth-order valence-corrected chi connectivity index (χ4v) is 3.60. The molecule has 0 bridgehead atoms. The average molecular weight is 369 g/mol. The number of fused-ring (bicyclic) bond motifs is 1. The summed E-state index contributed by atoms with van der Waals surface area (Å²) in [6.45, 7) is 5.73. The van der Waals surface area contributed by atoms with Gasteiger partial charge in [-0.05, 0) is 38.5 Å². The molecular weight excluding hydrogens is 355 g/mol. The van der Waals surface area contributed by atoms with E-state index in [2.05, 4.69) is 9.97 Å². The third kappa shape index (κ3) is 3.09. The molecule has 0 aliphatic carbocycles. The predicted molar refractivity (Wildman–Crippen MR) is 95.2 cm³/mol. The van der Waals surface area contributed by atoms with E-state index in [1.165, 1.54) is 11.3 Å². The van der Waals surface area contributed by atoms with Crippen molar-refractivity contribution in [1.82, 2.24) is 9.97 Å². The lowest BCUT2D eigenvalue weighted by Crippen LogP contribution is -2.16. The summed E-state index contributed by atoms with van der Waals surface area (Å²) >= 11 is 13.4. The predicted octanol–water partition coefficient (Wildman–Crippen LogP) is 5.05. The Labute approximate surface area is 147 Å². The van der Waals surface area contributed by atoms with Gasteiger partial charge >= 0.3 is 0 Å². The largest absolute Gasteiger partial charge is 0.483 e. The van der Waals surface area contributed by atoms with Crippen molar-refractivity contribution in [3.63, 3.8) is 0 Å². The molecule has 3 aromatic rings. The van der Waals surface area contributed by atoms with Crippen LogP contribution < -0.4 is 10.3 Å². The summed E-state index contributed by atoms with van der Waals surface area (Å²) in [5, 5.41) is 1.53. The molecular formula is C16H14Cl2N2O2S. The van der Waals surface area contributed by atoms with Gasteiger partial charge < -0.3 is 9.72 Å². The third-order valence-corrected chi connectivity index (χ3v) is 5.49. The molecule has 7 heteroatoms. The Balaban J connectivity index is 1.96. The van der Waals surface area contributed by atoms with Crippen LogP contribution in [0.4, 0.5) is 0 Å². The summed E-state index contributed by atoms with van der Waals surface area (Å²) in [5.74, 6) is 1.04.